The summed E-state index contributed by atoms with van der Waals surface area (Å²) >= 11 is 6.24. The number of alkyl carbamates (subject to hydrolysis) is 1. The molecule has 72 heavy (non-hydrogen) atoms. The van der Waals surface area contributed by atoms with Gasteiger partial charge in [-0.2, -0.15) is 0 Å². The van der Waals surface area contributed by atoms with Gasteiger partial charge in [0.15, 0.2) is 30.4 Å². The summed E-state index contributed by atoms with van der Waals surface area (Å²) in [6, 6.07) is 6.76. The Bertz CT molecular complexity index is 1970. The summed E-state index contributed by atoms with van der Waals surface area (Å²) in [6.07, 6.45) is -8.67. The van der Waals surface area contributed by atoms with E-state index >= 15 is 0 Å². The molecular formula is C52H85ClN4O15. The van der Waals surface area contributed by atoms with Crippen molar-refractivity contribution in [1.29, 1.82) is 0 Å². The van der Waals surface area contributed by atoms with Crippen LogP contribution in [0.5, 0.6) is 0 Å². The lowest BCUT2D eigenvalue weighted by molar-refractivity contribution is -0.317. The van der Waals surface area contributed by atoms with Crippen LogP contribution in [0.3, 0.4) is 0 Å². The highest BCUT2D eigenvalue weighted by molar-refractivity contribution is 6.31. The number of hydrogen-bond acceptors (Lipinski definition) is 17. The molecule has 410 valence electrons. The van der Waals surface area contributed by atoms with E-state index in [4.69, 9.17) is 54.2 Å². The van der Waals surface area contributed by atoms with Gasteiger partial charge >= 0.3 is 18.2 Å². The van der Waals surface area contributed by atoms with Gasteiger partial charge < -0.3 is 68.4 Å². The van der Waals surface area contributed by atoms with Crippen molar-refractivity contribution in [3.63, 3.8) is 0 Å². The highest BCUT2D eigenvalue weighted by Crippen LogP contribution is 2.42. The number of likely N-dealkylation sites (N-methyl/N-ethyl adjacent to an activating group) is 2. The number of benzene rings is 1. The molecule has 4 N–H and O–H groups in total. The minimum atomic E-state index is -1.62. The average Bonchev–Trinajstić information content (AvgIpc) is 3.62. The summed E-state index contributed by atoms with van der Waals surface area (Å²) in [5.74, 6) is -2.89. The van der Waals surface area contributed by atoms with Gasteiger partial charge in [0.2, 0.25) is 5.91 Å². The first-order valence-corrected chi connectivity index (χ1v) is 26.1. The lowest BCUT2D eigenvalue weighted by Crippen LogP contribution is -2.61. The average molecular weight is 1040 g/mol. The van der Waals surface area contributed by atoms with Crippen LogP contribution in [0.15, 0.2) is 24.3 Å². The number of ether oxygens (including phenoxy) is 9. The number of halogens is 1. The summed E-state index contributed by atoms with van der Waals surface area (Å²) in [6.45, 7) is 19.1. The van der Waals surface area contributed by atoms with Crippen molar-refractivity contribution in [2.45, 2.75) is 204 Å². The van der Waals surface area contributed by atoms with Crippen LogP contribution in [0.4, 0.5) is 9.59 Å². The number of carbonyl (C=O) groups is 4. The predicted octanol–water partition coefficient (Wildman–Crippen LogP) is 5.61. The van der Waals surface area contributed by atoms with Crippen LogP contribution in [0.1, 0.15) is 113 Å². The fourth-order valence-corrected chi connectivity index (χ4v) is 11.5. The summed E-state index contributed by atoms with van der Waals surface area (Å²) in [4.78, 5) is 57.4. The minimum absolute atomic E-state index is 0.0332. The van der Waals surface area contributed by atoms with Crippen LogP contribution in [0, 0.1) is 17.8 Å². The summed E-state index contributed by atoms with van der Waals surface area (Å²) in [5.41, 5.74) is -3.21. The first kappa shape index (κ1) is 59.5. The lowest BCUT2D eigenvalue weighted by atomic mass is 9.77. The number of cyclic esters (lactones) is 1. The number of fused-ring (bicyclic) bond motifs is 1. The number of aliphatic hydroxyl groups is 2. The van der Waals surface area contributed by atoms with E-state index in [2.05, 4.69) is 10.6 Å². The van der Waals surface area contributed by atoms with E-state index < -0.39 is 108 Å². The molecular weight excluding hydrogens is 956 g/mol. The first-order chi connectivity index (χ1) is 33.7. The van der Waals surface area contributed by atoms with Gasteiger partial charge in [-0.15, -0.1) is 0 Å². The molecule has 4 saturated heterocycles. The van der Waals surface area contributed by atoms with Crippen molar-refractivity contribution in [3.05, 3.63) is 34.9 Å². The third-order valence-corrected chi connectivity index (χ3v) is 15.8. The van der Waals surface area contributed by atoms with E-state index in [9.17, 15) is 29.4 Å². The molecule has 2 amide bonds. The van der Waals surface area contributed by atoms with Gasteiger partial charge in [0, 0.05) is 62.6 Å². The highest BCUT2D eigenvalue weighted by Gasteiger charge is 2.58. The monoisotopic (exact) mass is 1040 g/mol. The van der Waals surface area contributed by atoms with Gasteiger partial charge in [-0.3, -0.25) is 14.5 Å². The number of methoxy groups -OCH3 is 1. The Morgan fingerprint density at radius 2 is 1.65 bits per heavy atom. The maximum absolute atomic E-state index is 14.8. The molecule has 4 fully saturated rings. The maximum atomic E-state index is 14.8. The molecule has 0 aromatic heterocycles. The Hall–Kier alpha value is -3.37. The largest absolute Gasteiger partial charge is 0.509 e. The normalized spacial score (nSPS) is 39.4. The van der Waals surface area contributed by atoms with E-state index in [0.717, 1.165) is 5.56 Å². The molecule has 20 heteroatoms. The van der Waals surface area contributed by atoms with Crippen molar-refractivity contribution >= 4 is 35.7 Å². The Kier molecular flexibility index (Phi) is 21.0. The second kappa shape index (κ2) is 25.4. The summed E-state index contributed by atoms with van der Waals surface area (Å²) < 4.78 is 56.6. The Balaban J connectivity index is 1.39. The van der Waals surface area contributed by atoms with Crippen LogP contribution in [0.2, 0.25) is 5.02 Å². The van der Waals surface area contributed by atoms with Gasteiger partial charge in [0.1, 0.15) is 17.8 Å². The van der Waals surface area contributed by atoms with E-state index in [-0.39, 0.29) is 56.2 Å². The Morgan fingerprint density at radius 3 is 2.31 bits per heavy atom. The van der Waals surface area contributed by atoms with Crippen LogP contribution >= 0.6 is 11.6 Å². The van der Waals surface area contributed by atoms with E-state index in [1.165, 1.54) is 7.11 Å². The van der Waals surface area contributed by atoms with Crippen LogP contribution in [-0.4, -0.2) is 182 Å². The molecule has 4 heterocycles. The third kappa shape index (κ3) is 14.5. The fourth-order valence-electron chi connectivity index (χ4n) is 11.3. The van der Waals surface area contributed by atoms with Gasteiger partial charge in [0.25, 0.3) is 0 Å². The number of hydrogen-bond donors (Lipinski definition) is 4. The standard InChI is InChI=1S/C52H85ClN4O15/c1-15-38-52(10)44(71-49(62)72-52)33(6)57(13)28-29(2)26-50(8,63)43(69-47-41(59)37(56(11)12)25-30(3)65-47)31(4)42(32(5)46(60)67-38)68-40-27-51(9,64-14)45(34(7)66-40)70-48(61)55-23-18-21-39(58)54-24-22-35-19-16-17-20-36(35)53/h16-17,19-20,29-34,37-38,40-45,47,59,63H,15,18,21-28H2,1-14H3,(H,54,58)(H,55,61)/t29-,30-,31+,32-,33-,34+,37+,38-,40+,41-,42+,43-,44-,45+,47+,50+,51-,52-/m1/s1. The van der Waals surface area contributed by atoms with Crippen LogP contribution in [-0.2, 0) is 58.6 Å². The molecule has 0 unspecified atom stereocenters. The zero-order valence-electron chi connectivity index (χ0n) is 45.0. The zero-order valence-corrected chi connectivity index (χ0v) is 45.8. The number of amides is 2. The second-order valence-corrected chi connectivity index (χ2v) is 22.1. The number of aliphatic hydroxyl groups excluding tert-OH is 1. The molecule has 0 bridgehead atoms. The molecule has 19 nitrogen and oxygen atoms in total. The quantitative estimate of drug-likeness (QED) is 0.0953. The number of rotatable bonds is 15. The topological polar surface area (TPSA) is 222 Å². The van der Waals surface area contributed by atoms with Crippen molar-refractivity contribution in [1.82, 2.24) is 20.4 Å². The number of nitrogens with zero attached hydrogens (tertiary/aromatic N) is 2. The smallest absolute Gasteiger partial charge is 0.458 e. The summed E-state index contributed by atoms with van der Waals surface area (Å²) in [5, 5.41) is 30.8. The molecule has 5 rings (SSSR count). The third-order valence-electron chi connectivity index (χ3n) is 15.4. The fraction of sp³-hybridized carbons (Fsp3) is 0.808. The molecule has 1 aromatic carbocycles. The van der Waals surface area contributed by atoms with Gasteiger partial charge in [-0.05, 0) is 119 Å². The van der Waals surface area contributed by atoms with Crippen molar-refractivity contribution in [2.24, 2.45) is 17.8 Å². The Labute approximate surface area is 431 Å². The molecule has 1 aromatic rings. The number of nitrogens with one attached hydrogen (secondary N) is 2. The molecule has 0 saturated carbocycles. The van der Waals surface area contributed by atoms with Crippen molar-refractivity contribution in [3.8, 4) is 0 Å². The van der Waals surface area contributed by atoms with E-state index in [1.54, 1.807) is 40.7 Å². The number of esters is 1. The molecule has 4 aliphatic heterocycles. The van der Waals surface area contributed by atoms with Crippen LogP contribution < -0.4 is 10.6 Å². The predicted molar refractivity (Wildman–Crippen MR) is 267 cm³/mol. The number of carbonyl (C=O) groups excluding carboxylic acids is 4. The summed E-state index contributed by atoms with van der Waals surface area (Å²) in [7, 11) is 7.16. The van der Waals surface area contributed by atoms with E-state index in [1.807, 2.05) is 83.8 Å². The molecule has 0 aliphatic carbocycles. The Morgan fingerprint density at radius 1 is 0.958 bits per heavy atom. The second-order valence-electron chi connectivity index (χ2n) is 21.7. The van der Waals surface area contributed by atoms with Crippen LogP contribution in [0.25, 0.3) is 0 Å². The first-order valence-electron chi connectivity index (χ1n) is 25.7. The molecule has 0 spiro atoms. The minimum Gasteiger partial charge on any atom is -0.458 e. The van der Waals surface area contributed by atoms with Gasteiger partial charge in [0.05, 0.1) is 35.9 Å². The maximum Gasteiger partial charge on any atom is 0.509 e. The van der Waals surface area contributed by atoms with Crippen molar-refractivity contribution < 1.29 is 72.0 Å². The molecule has 4 aliphatic rings. The SMILES string of the molecule is CC[C@H]1OC(=O)[C@H](C)[C@@H](O[C@H]2C[C@@](C)(OC)[C@@H](OC(=O)NCCCC(=O)NCCc3ccccc3Cl)[C@H](C)O2)[C@H](C)[C@@H](O[C@@H]2O[C@H](C)C[C@H](N(C)C)[C@H]2O)[C@@](C)(O)C[C@@H](C)CN(C)[C@H](C)[C@H]2OC(=O)O[C@@]21C. The molecule has 18 atom stereocenters. The van der Waals surface area contributed by atoms with Crippen molar-refractivity contribution in [2.75, 3.05) is 47.9 Å². The molecule has 0 radical (unpaired) electrons. The van der Waals surface area contributed by atoms with Gasteiger partial charge in [-0.25, -0.2) is 9.59 Å². The van der Waals surface area contributed by atoms with E-state index in [0.29, 0.717) is 37.4 Å². The highest BCUT2D eigenvalue weighted by atomic mass is 35.5. The zero-order chi connectivity index (χ0) is 53.5. The van der Waals surface area contributed by atoms with Gasteiger partial charge in [-0.1, -0.05) is 50.6 Å². The lowest BCUT2D eigenvalue weighted by Gasteiger charge is -2.49.